The molecule has 0 saturated carbocycles. The number of hydrogen-bond donors (Lipinski definition) is 0. The summed E-state index contributed by atoms with van der Waals surface area (Å²) in [4.78, 5) is 29.6. The maximum absolute atomic E-state index is 13.2. The Balaban J connectivity index is 1.54. The Hall–Kier alpha value is -1.69. The fourth-order valence-electron chi connectivity index (χ4n) is 4.34. The molecule has 2 aliphatic heterocycles. The topological polar surface area (TPSA) is 49.9 Å². The van der Waals surface area contributed by atoms with Crippen LogP contribution in [0.25, 0.3) is 0 Å². The maximum Gasteiger partial charge on any atom is 0.255 e. The summed E-state index contributed by atoms with van der Waals surface area (Å²) in [6.45, 7) is 4.50. The summed E-state index contributed by atoms with van der Waals surface area (Å²) in [6.07, 6.45) is 8.25. The molecule has 1 spiro atoms. The van der Waals surface area contributed by atoms with Gasteiger partial charge in [0.15, 0.2) is 0 Å². The van der Waals surface area contributed by atoms with Gasteiger partial charge in [-0.3, -0.25) is 9.59 Å². The second-order valence-electron chi connectivity index (χ2n) is 8.02. The van der Waals surface area contributed by atoms with E-state index in [4.69, 9.17) is 4.74 Å². The number of amides is 2. The van der Waals surface area contributed by atoms with Crippen LogP contribution in [0.3, 0.4) is 0 Å². The highest BCUT2D eigenvalue weighted by Gasteiger charge is 2.46. The van der Waals surface area contributed by atoms with Gasteiger partial charge in [-0.15, -0.1) is 11.8 Å². The molecule has 0 N–H and O–H groups in total. The number of likely N-dealkylation sites (tertiary alicyclic amines) is 1. The summed E-state index contributed by atoms with van der Waals surface area (Å²) < 4.78 is 5.20. The van der Waals surface area contributed by atoms with Gasteiger partial charge in [-0.05, 0) is 43.5 Å². The number of carbonyl (C=O) groups excluding carboxylic acids is 2. The van der Waals surface area contributed by atoms with E-state index in [0.29, 0.717) is 12.0 Å². The average Bonchev–Trinajstić information content (AvgIpc) is 3.16. The van der Waals surface area contributed by atoms with E-state index in [0.717, 1.165) is 56.8 Å². The lowest BCUT2D eigenvalue weighted by Crippen LogP contribution is -2.53. The Labute approximate surface area is 179 Å². The van der Waals surface area contributed by atoms with Crippen molar-refractivity contribution in [3.63, 3.8) is 0 Å². The Morgan fingerprint density at radius 2 is 1.72 bits per heavy atom. The Morgan fingerprint density at radius 1 is 1.03 bits per heavy atom. The van der Waals surface area contributed by atoms with E-state index in [1.165, 1.54) is 19.3 Å². The molecular weight excluding hydrogens is 384 g/mol. The number of ether oxygens (including phenoxy) is 1. The second kappa shape index (κ2) is 10.4. The average molecular weight is 419 g/mol. The molecule has 2 heterocycles. The molecule has 2 amide bonds. The largest absolute Gasteiger partial charge is 0.497 e. The molecular formula is C23H34N2O3S. The van der Waals surface area contributed by atoms with Crippen LogP contribution in [0.15, 0.2) is 24.3 Å². The number of carbonyl (C=O) groups is 2. The molecule has 6 heteroatoms. The van der Waals surface area contributed by atoms with Crippen molar-refractivity contribution in [1.29, 1.82) is 0 Å². The number of nitrogens with zero attached hydrogens (tertiary/aromatic N) is 2. The van der Waals surface area contributed by atoms with Gasteiger partial charge < -0.3 is 14.5 Å². The van der Waals surface area contributed by atoms with Gasteiger partial charge in [0.05, 0.1) is 12.0 Å². The third-order valence-corrected chi connectivity index (χ3v) is 7.70. The van der Waals surface area contributed by atoms with Gasteiger partial charge in [0.25, 0.3) is 5.91 Å². The van der Waals surface area contributed by atoms with Crippen molar-refractivity contribution in [2.75, 3.05) is 32.5 Å². The Bertz CT molecular complexity index is 684. The van der Waals surface area contributed by atoms with Gasteiger partial charge in [0, 0.05) is 37.4 Å². The van der Waals surface area contributed by atoms with Crippen molar-refractivity contribution in [3.8, 4) is 5.75 Å². The van der Waals surface area contributed by atoms with Crippen molar-refractivity contribution in [2.45, 2.75) is 63.2 Å². The first kappa shape index (κ1) is 22.0. The maximum atomic E-state index is 13.2. The molecule has 0 atom stereocenters. The number of unbranched alkanes of at least 4 members (excludes halogenated alkanes) is 4. The summed E-state index contributed by atoms with van der Waals surface area (Å²) >= 11 is 1.89. The number of piperidine rings is 1. The Morgan fingerprint density at radius 3 is 2.38 bits per heavy atom. The lowest BCUT2D eigenvalue weighted by atomic mass is 10.00. The van der Waals surface area contributed by atoms with E-state index in [1.54, 1.807) is 7.11 Å². The smallest absolute Gasteiger partial charge is 0.255 e. The van der Waals surface area contributed by atoms with Crippen LogP contribution in [0.1, 0.15) is 68.6 Å². The molecule has 1 aromatic carbocycles. The van der Waals surface area contributed by atoms with Crippen LogP contribution in [0.4, 0.5) is 0 Å². The molecule has 0 bridgehead atoms. The normalized spacial score (nSPS) is 18.3. The summed E-state index contributed by atoms with van der Waals surface area (Å²) in [6, 6.07) is 7.36. The van der Waals surface area contributed by atoms with E-state index in [-0.39, 0.29) is 16.7 Å². The molecule has 2 aliphatic rings. The highest BCUT2D eigenvalue weighted by Crippen LogP contribution is 2.44. The number of hydrogen-bond acceptors (Lipinski definition) is 4. The zero-order chi connectivity index (χ0) is 20.7. The third-order valence-electron chi connectivity index (χ3n) is 6.15. The van der Waals surface area contributed by atoms with Gasteiger partial charge in [-0.2, -0.15) is 0 Å². The van der Waals surface area contributed by atoms with Crippen LogP contribution in [0.2, 0.25) is 0 Å². The van der Waals surface area contributed by atoms with Gasteiger partial charge in [-0.25, -0.2) is 0 Å². The summed E-state index contributed by atoms with van der Waals surface area (Å²) in [5.74, 6) is 2.10. The fraction of sp³-hybridized carbons (Fsp3) is 0.652. The molecule has 29 heavy (non-hydrogen) atoms. The van der Waals surface area contributed by atoms with Crippen LogP contribution in [-0.2, 0) is 4.79 Å². The fourth-order valence-corrected chi connectivity index (χ4v) is 5.80. The van der Waals surface area contributed by atoms with Crippen LogP contribution in [0.5, 0.6) is 5.75 Å². The van der Waals surface area contributed by atoms with Gasteiger partial charge >= 0.3 is 0 Å². The van der Waals surface area contributed by atoms with E-state index >= 15 is 0 Å². The molecule has 0 aromatic heterocycles. The van der Waals surface area contributed by atoms with Crippen LogP contribution < -0.4 is 4.74 Å². The minimum atomic E-state index is -0.158. The standard InChI is InChI=1S/C23H34N2O3S/c1-3-4-5-6-7-8-21(26)24-15-13-23(14-16-24)25(17-18-29-23)22(27)19-9-11-20(28-2)12-10-19/h9-12H,3-8,13-18H2,1-2H3. The number of thioether (sulfide) groups is 1. The molecule has 160 valence electrons. The zero-order valence-corrected chi connectivity index (χ0v) is 18.6. The first-order valence-electron chi connectivity index (χ1n) is 11.0. The van der Waals surface area contributed by atoms with Crippen molar-refractivity contribution < 1.29 is 14.3 Å². The molecule has 0 unspecified atom stereocenters. The summed E-state index contributed by atoms with van der Waals surface area (Å²) in [7, 11) is 1.63. The first-order chi connectivity index (χ1) is 14.1. The molecule has 0 aliphatic carbocycles. The molecule has 2 fully saturated rings. The zero-order valence-electron chi connectivity index (χ0n) is 17.8. The summed E-state index contributed by atoms with van der Waals surface area (Å²) in [5, 5.41) is 0. The molecule has 3 rings (SSSR count). The minimum Gasteiger partial charge on any atom is -0.497 e. The molecule has 1 aromatic rings. The predicted octanol–water partition coefficient (Wildman–Crippen LogP) is 4.56. The predicted molar refractivity (Wildman–Crippen MR) is 118 cm³/mol. The molecule has 2 saturated heterocycles. The monoisotopic (exact) mass is 418 g/mol. The number of benzene rings is 1. The first-order valence-corrected chi connectivity index (χ1v) is 12.0. The summed E-state index contributed by atoms with van der Waals surface area (Å²) in [5.41, 5.74) is 0.707. The van der Waals surface area contributed by atoms with Crippen molar-refractivity contribution >= 4 is 23.6 Å². The van der Waals surface area contributed by atoms with Gasteiger partial charge in [-0.1, -0.05) is 32.6 Å². The molecule has 5 nitrogen and oxygen atoms in total. The number of rotatable bonds is 8. The minimum absolute atomic E-state index is 0.0911. The highest BCUT2D eigenvalue weighted by molar-refractivity contribution is 8.00. The van der Waals surface area contributed by atoms with Crippen molar-refractivity contribution in [1.82, 2.24) is 9.80 Å². The van der Waals surface area contributed by atoms with Crippen LogP contribution >= 0.6 is 11.8 Å². The van der Waals surface area contributed by atoms with E-state index in [2.05, 4.69) is 6.92 Å². The Kier molecular flexibility index (Phi) is 7.87. The highest BCUT2D eigenvalue weighted by atomic mass is 32.2. The van der Waals surface area contributed by atoms with E-state index < -0.39 is 0 Å². The second-order valence-corrected chi connectivity index (χ2v) is 9.48. The quantitative estimate of drug-likeness (QED) is 0.581. The van der Waals surface area contributed by atoms with Crippen LogP contribution in [0, 0.1) is 0 Å². The SMILES string of the molecule is CCCCCCCC(=O)N1CCC2(CC1)SCCN2C(=O)c1ccc(OC)cc1. The van der Waals surface area contributed by atoms with E-state index in [1.807, 2.05) is 45.8 Å². The number of methoxy groups -OCH3 is 1. The lowest BCUT2D eigenvalue weighted by molar-refractivity contribution is -0.132. The third kappa shape index (κ3) is 5.27. The van der Waals surface area contributed by atoms with Gasteiger partial charge in [0.1, 0.15) is 5.75 Å². The van der Waals surface area contributed by atoms with Crippen LogP contribution in [-0.4, -0.2) is 59.0 Å². The van der Waals surface area contributed by atoms with E-state index in [9.17, 15) is 9.59 Å². The van der Waals surface area contributed by atoms with Crippen molar-refractivity contribution in [3.05, 3.63) is 29.8 Å². The molecule has 0 radical (unpaired) electrons. The van der Waals surface area contributed by atoms with Crippen molar-refractivity contribution in [2.24, 2.45) is 0 Å². The van der Waals surface area contributed by atoms with Gasteiger partial charge in [0.2, 0.25) is 5.91 Å². The lowest BCUT2D eigenvalue weighted by Gasteiger charge is -2.44.